The Morgan fingerprint density at radius 2 is 2.10 bits per heavy atom. The maximum atomic E-state index is 12.0. The van der Waals surface area contributed by atoms with E-state index in [9.17, 15) is 4.79 Å². The first kappa shape index (κ1) is 11.7. The zero-order chi connectivity index (χ0) is 13.5. The Kier molecular flexibility index (Phi) is 2.61. The summed E-state index contributed by atoms with van der Waals surface area (Å²) in [4.78, 5) is 12.0. The standard InChI is InChI=1S/C14H16N4O2/c19-14(12-6-13(20-18-12)9-3-4-9)15-7-10-5-11(17-16-10)8-1-2-8/h5-6,8-9H,1-4,7H2,(H,15,19)(H,16,17). The molecule has 1 amide bonds. The molecule has 0 bridgehead atoms. The van der Waals surface area contributed by atoms with E-state index in [0.717, 1.165) is 30.0 Å². The van der Waals surface area contributed by atoms with Gasteiger partial charge in [-0.15, -0.1) is 0 Å². The van der Waals surface area contributed by atoms with Crippen LogP contribution >= 0.6 is 0 Å². The first-order valence-corrected chi connectivity index (χ1v) is 7.08. The lowest BCUT2D eigenvalue weighted by atomic mass is 10.2. The van der Waals surface area contributed by atoms with E-state index in [1.165, 1.54) is 12.8 Å². The van der Waals surface area contributed by atoms with Gasteiger partial charge in [0.25, 0.3) is 5.91 Å². The van der Waals surface area contributed by atoms with E-state index in [1.54, 1.807) is 6.07 Å². The van der Waals surface area contributed by atoms with Crippen LogP contribution in [-0.2, 0) is 6.54 Å². The molecule has 2 N–H and O–H groups in total. The Hall–Kier alpha value is -2.11. The average Bonchev–Trinajstić information content (AvgIpc) is 3.39. The highest BCUT2D eigenvalue weighted by atomic mass is 16.5. The van der Waals surface area contributed by atoms with Crippen molar-refractivity contribution in [2.45, 2.75) is 44.1 Å². The van der Waals surface area contributed by atoms with Crippen LogP contribution in [0.15, 0.2) is 16.7 Å². The monoisotopic (exact) mass is 272 g/mol. The van der Waals surface area contributed by atoms with E-state index in [2.05, 4.69) is 20.7 Å². The maximum absolute atomic E-state index is 12.0. The number of carbonyl (C=O) groups is 1. The second-order valence-electron chi connectivity index (χ2n) is 5.66. The second-order valence-corrected chi connectivity index (χ2v) is 5.66. The van der Waals surface area contributed by atoms with Gasteiger partial charge in [0.2, 0.25) is 0 Å². The Morgan fingerprint density at radius 3 is 2.85 bits per heavy atom. The largest absolute Gasteiger partial charge is 0.360 e. The molecular weight excluding hydrogens is 256 g/mol. The molecule has 0 aliphatic heterocycles. The summed E-state index contributed by atoms with van der Waals surface area (Å²) in [6.07, 6.45) is 4.71. The molecule has 4 rings (SSSR count). The van der Waals surface area contributed by atoms with Crippen molar-refractivity contribution in [1.29, 1.82) is 0 Å². The van der Waals surface area contributed by atoms with Crippen molar-refractivity contribution in [1.82, 2.24) is 20.7 Å². The molecule has 0 saturated heterocycles. The fraction of sp³-hybridized carbons (Fsp3) is 0.500. The summed E-state index contributed by atoms with van der Waals surface area (Å²) in [5, 5.41) is 13.9. The van der Waals surface area contributed by atoms with Gasteiger partial charge in [0.15, 0.2) is 5.69 Å². The van der Waals surface area contributed by atoms with Gasteiger partial charge >= 0.3 is 0 Å². The number of H-pyrrole nitrogens is 1. The number of aromatic amines is 1. The highest BCUT2D eigenvalue weighted by Gasteiger charge is 2.29. The van der Waals surface area contributed by atoms with E-state index in [0.29, 0.717) is 24.1 Å². The van der Waals surface area contributed by atoms with Crippen LogP contribution in [0.4, 0.5) is 0 Å². The first-order valence-electron chi connectivity index (χ1n) is 7.08. The van der Waals surface area contributed by atoms with Crippen molar-refractivity contribution in [3.05, 3.63) is 35.0 Å². The van der Waals surface area contributed by atoms with Gasteiger partial charge in [-0.25, -0.2) is 0 Å². The third-order valence-electron chi connectivity index (χ3n) is 3.83. The van der Waals surface area contributed by atoms with Gasteiger partial charge in [-0.1, -0.05) is 5.16 Å². The van der Waals surface area contributed by atoms with Gasteiger partial charge in [-0.05, 0) is 31.7 Å². The zero-order valence-electron chi connectivity index (χ0n) is 11.1. The summed E-state index contributed by atoms with van der Waals surface area (Å²) >= 11 is 0. The molecule has 2 aromatic heterocycles. The van der Waals surface area contributed by atoms with Crippen LogP contribution in [0.3, 0.4) is 0 Å². The minimum atomic E-state index is -0.205. The van der Waals surface area contributed by atoms with E-state index in [1.807, 2.05) is 6.07 Å². The van der Waals surface area contributed by atoms with Gasteiger partial charge in [0, 0.05) is 17.9 Å². The van der Waals surface area contributed by atoms with Crippen LogP contribution in [0.25, 0.3) is 0 Å². The van der Waals surface area contributed by atoms with Gasteiger partial charge in [0.05, 0.1) is 17.9 Å². The highest BCUT2D eigenvalue weighted by Crippen LogP contribution is 2.40. The molecule has 104 valence electrons. The third kappa shape index (κ3) is 2.33. The highest BCUT2D eigenvalue weighted by molar-refractivity contribution is 5.92. The summed E-state index contributed by atoms with van der Waals surface area (Å²) in [5.74, 6) is 1.71. The fourth-order valence-corrected chi connectivity index (χ4v) is 2.28. The molecule has 2 saturated carbocycles. The molecule has 2 aliphatic carbocycles. The summed E-state index contributed by atoms with van der Waals surface area (Å²) in [7, 11) is 0. The predicted molar refractivity (Wildman–Crippen MR) is 70.2 cm³/mol. The number of hydrogen-bond acceptors (Lipinski definition) is 4. The maximum Gasteiger partial charge on any atom is 0.273 e. The number of carbonyl (C=O) groups excluding carboxylic acids is 1. The number of nitrogens with zero attached hydrogens (tertiary/aromatic N) is 2. The van der Waals surface area contributed by atoms with Crippen LogP contribution in [0.1, 0.15) is 65.2 Å². The van der Waals surface area contributed by atoms with Crippen molar-refractivity contribution in [2.75, 3.05) is 0 Å². The molecule has 2 heterocycles. The molecule has 6 heteroatoms. The lowest BCUT2D eigenvalue weighted by Gasteiger charge is -1.99. The lowest BCUT2D eigenvalue weighted by Crippen LogP contribution is -2.23. The van der Waals surface area contributed by atoms with Crippen molar-refractivity contribution in [2.24, 2.45) is 0 Å². The first-order chi connectivity index (χ1) is 9.79. The number of nitrogens with one attached hydrogen (secondary N) is 2. The summed E-state index contributed by atoms with van der Waals surface area (Å²) in [6.45, 7) is 0.435. The minimum absolute atomic E-state index is 0.205. The Morgan fingerprint density at radius 1 is 1.30 bits per heavy atom. The van der Waals surface area contributed by atoms with Gasteiger partial charge < -0.3 is 9.84 Å². The molecule has 0 spiro atoms. The van der Waals surface area contributed by atoms with Crippen LogP contribution in [-0.4, -0.2) is 21.3 Å². The van der Waals surface area contributed by atoms with Crippen LogP contribution in [0.2, 0.25) is 0 Å². The van der Waals surface area contributed by atoms with Crippen LogP contribution in [0, 0.1) is 0 Å². The average molecular weight is 272 g/mol. The van der Waals surface area contributed by atoms with Crippen molar-refractivity contribution >= 4 is 5.91 Å². The quantitative estimate of drug-likeness (QED) is 0.872. The molecule has 20 heavy (non-hydrogen) atoms. The molecule has 2 aliphatic rings. The van der Waals surface area contributed by atoms with Crippen LogP contribution < -0.4 is 5.32 Å². The normalized spacial score (nSPS) is 18.2. The molecule has 0 unspecified atom stereocenters. The minimum Gasteiger partial charge on any atom is -0.360 e. The fourth-order valence-electron chi connectivity index (χ4n) is 2.28. The molecule has 2 fully saturated rings. The van der Waals surface area contributed by atoms with Gasteiger partial charge in [-0.3, -0.25) is 9.89 Å². The van der Waals surface area contributed by atoms with E-state index in [-0.39, 0.29) is 5.91 Å². The Labute approximate surface area is 115 Å². The number of hydrogen-bond donors (Lipinski definition) is 2. The Balaban J connectivity index is 1.36. The van der Waals surface area contributed by atoms with E-state index in [4.69, 9.17) is 4.52 Å². The topological polar surface area (TPSA) is 83.8 Å². The smallest absolute Gasteiger partial charge is 0.273 e. The number of rotatable bonds is 5. The SMILES string of the molecule is O=C(NCc1cc(C2CC2)n[nH]1)c1cc(C2CC2)on1. The number of amides is 1. The van der Waals surface area contributed by atoms with Crippen molar-refractivity contribution in [3.8, 4) is 0 Å². The molecule has 0 aromatic carbocycles. The second kappa shape index (κ2) is 4.47. The molecule has 6 nitrogen and oxygen atoms in total. The summed E-state index contributed by atoms with van der Waals surface area (Å²) < 4.78 is 5.17. The molecule has 0 radical (unpaired) electrons. The molecule has 2 aromatic rings. The summed E-state index contributed by atoms with van der Waals surface area (Å²) in [5.41, 5.74) is 2.38. The lowest BCUT2D eigenvalue weighted by molar-refractivity contribution is 0.0941. The predicted octanol–water partition coefficient (Wildman–Crippen LogP) is 2.08. The molecular formula is C14H16N4O2. The third-order valence-corrected chi connectivity index (χ3v) is 3.83. The van der Waals surface area contributed by atoms with Crippen molar-refractivity contribution < 1.29 is 9.32 Å². The zero-order valence-corrected chi connectivity index (χ0v) is 11.1. The number of aromatic nitrogens is 3. The van der Waals surface area contributed by atoms with Gasteiger partial charge in [-0.2, -0.15) is 5.10 Å². The van der Waals surface area contributed by atoms with Crippen LogP contribution in [0.5, 0.6) is 0 Å². The van der Waals surface area contributed by atoms with Crippen molar-refractivity contribution in [3.63, 3.8) is 0 Å². The van der Waals surface area contributed by atoms with E-state index >= 15 is 0 Å². The van der Waals surface area contributed by atoms with E-state index < -0.39 is 0 Å². The molecule has 0 atom stereocenters. The van der Waals surface area contributed by atoms with Gasteiger partial charge in [0.1, 0.15) is 5.76 Å². The Bertz CT molecular complexity index is 637. The summed E-state index contributed by atoms with van der Waals surface area (Å²) in [6, 6.07) is 3.77.